The molecule has 0 aromatic carbocycles. The van der Waals surface area contributed by atoms with Gasteiger partial charge in [-0.15, -0.1) is 0 Å². The maximum atomic E-state index is 12.7. The zero-order valence-electron chi connectivity index (χ0n) is 15.8. The minimum Gasteiger partial charge on any atom is -0.336 e. The summed E-state index contributed by atoms with van der Waals surface area (Å²) in [6.07, 6.45) is 8.03. The van der Waals surface area contributed by atoms with Crippen LogP contribution in [-0.4, -0.2) is 10.7 Å². The standard InChI is InChI=1S/C21H29NO2S/c1-15-10-11-16-17(8-7-12-20(16,2)3)21(15,4)14-19(23)24-22-13-6-5-9-18(22)25/h5-6,9,13,15H,7-8,10-12,14H2,1-4H3/t15-,21+/m1/s1. The maximum absolute atomic E-state index is 12.7. The molecule has 0 fully saturated rings. The van der Waals surface area contributed by atoms with E-state index >= 15 is 0 Å². The van der Waals surface area contributed by atoms with Gasteiger partial charge in [0.15, 0.2) is 0 Å². The van der Waals surface area contributed by atoms with Crippen LogP contribution in [0.15, 0.2) is 35.5 Å². The first-order valence-electron chi connectivity index (χ1n) is 9.36. The summed E-state index contributed by atoms with van der Waals surface area (Å²) in [5.74, 6) is 0.283. The Morgan fingerprint density at radius 2 is 2.04 bits per heavy atom. The van der Waals surface area contributed by atoms with Gasteiger partial charge in [0.25, 0.3) is 0 Å². The van der Waals surface area contributed by atoms with E-state index in [1.807, 2.05) is 12.1 Å². The van der Waals surface area contributed by atoms with E-state index in [9.17, 15) is 4.79 Å². The molecule has 0 unspecified atom stereocenters. The lowest BCUT2D eigenvalue weighted by atomic mass is 9.56. The van der Waals surface area contributed by atoms with E-state index in [-0.39, 0.29) is 16.8 Å². The Morgan fingerprint density at radius 3 is 2.76 bits per heavy atom. The van der Waals surface area contributed by atoms with Crippen molar-refractivity contribution in [3.05, 3.63) is 40.2 Å². The molecule has 1 aromatic rings. The van der Waals surface area contributed by atoms with Crippen LogP contribution < -0.4 is 4.84 Å². The second-order valence-corrected chi connectivity index (χ2v) is 8.97. The molecule has 0 radical (unpaired) electrons. The van der Waals surface area contributed by atoms with Gasteiger partial charge in [0.1, 0.15) is 4.64 Å². The van der Waals surface area contributed by atoms with Gasteiger partial charge in [0.05, 0.1) is 6.42 Å². The zero-order chi connectivity index (χ0) is 18.2. The van der Waals surface area contributed by atoms with Gasteiger partial charge in [-0.25, -0.2) is 4.79 Å². The number of allylic oxidation sites excluding steroid dienone is 2. The van der Waals surface area contributed by atoms with Gasteiger partial charge in [0, 0.05) is 11.6 Å². The Labute approximate surface area is 156 Å². The smallest absolute Gasteiger partial charge is 0.333 e. The lowest BCUT2D eigenvalue weighted by molar-refractivity contribution is -0.147. The van der Waals surface area contributed by atoms with E-state index in [4.69, 9.17) is 17.1 Å². The minimum atomic E-state index is -0.200. The highest BCUT2D eigenvalue weighted by atomic mass is 32.1. The monoisotopic (exact) mass is 359 g/mol. The van der Waals surface area contributed by atoms with Crippen molar-refractivity contribution in [1.82, 2.24) is 4.73 Å². The first-order chi connectivity index (χ1) is 11.7. The molecule has 2 aliphatic carbocycles. The fourth-order valence-electron chi connectivity index (χ4n) is 4.72. The molecule has 0 saturated heterocycles. The normalized spacial score (nSPS) is 28.4. The van der Waals surface area contributed by atoms with Crippen molar-refractivity contribution >= 4 is 18.2 Å². The molecule has 2 aliphatic rings. The van der Waals surface area contributed by atoms with Gasteiger partial charge < -0.3 is 4.84 Å². The molecule has 25 heavy (non-hydrogen) atoms. The lowest BCUT2D eigenvalue weighted by Crippen LogP contribution is -2.40. The highest BCUT2D eigenvalue weighted by molar-refractivity contribution is 7.71. The van der Waals surface area contributed by atoms with Crippen LogP contribution in [0.1, 0.15) is 66.2 Å². The van der Waals surface area contributed by atoms with Crippen LogP contribution in [0.25, 0.3) is 0 Å². The van der Waals surface area contributed by atoms with Crippen molar-refractivity contribution in [3.8, 4) is 0 Å². The Morgan fingerprint density at radius 1 is 1.28 bits per heavy atom. The average molecular weight is 360 g/mol. The molecule has 3 nitrogen and oxygen atoms in total. The molecule has 0 amide bonds. The highest BCUT2D eigenvalue weighted by Crippen LogP contribution is 2.56. The highest BCUT2D eigenvalue weighted by Gasteiger charge is 2.45. The van der Waals surface area contributed by atoms with Crippen molar-refractivity contribution < 1.29 is 9.63 Å². The number of aromatic nitrogens is 1. The third-order valence-electron chi connectivity index (χ3n) is 6.51. The Kier molecular flexibility index (Phi) is 4.93. The van der Waals surface area contributed by atoms with Gasteiger partial charge >= 0.3 is 5.97 Å². The molecule has 1 heterocycles. The average Bonchev–Trinajstić information content (AvgIpc) is 2.53. The Bertz CT molecular complexity index is 761. The summed E-state index contributed by atoms with van der Waals surface area (Å²) >= 11 is 5.22. The maximum Gasteiger partial charge on any atom is 0.333 e. The van der Waals surface area contributed by atoms with Gasteiger partial charge in [-0.05, 0) is 55.6 Å². The summed E-state index contributed by atoms with van der Waals surface area (Å²) < 4.78 is 1.91. The van der Waals surface area contributed by atoms with E-state index in [0.29, 0.717) is 17.0 Å². The van der Waals surface area contributed by atoms with Crippen molar-refractivity contribution in [2.45, 2.75) is 66.2 Å². The van der Waals surface area contributed by atoms with Gasteiger partial charge in [-0.1, -0.05) is 57.1 Å². The summed E-state index contributed by atoms with van der Waals surface area (Å²) in [6.45, 7) is 9.27. The quantitative estimate of drug-likeness (QED) is 0.527. The molecule has 0 saturated carbocycles. The number of pyridine rings is 1. The predicted molar refractivity (Wildman–Crippen MR) is 103 cm³/mol. The van der Waals surface area contributed by atoms with Gasteiger partial charge in [0.2, 0.25) is 0 Å². The van der Waals surface area contributed by atoms with Crippen LogP contribution in [0.3, 0.4) is 0 Å². The molecule has 4 heteroatoms. The van der Waals surface area contributed by atoms with Crippen molar-refractivity contribution in [1.29, 1.82) is 0 Å². The zero-order valence-corrected chi connectivity index (χ0v) is 16.6. The van der Waals surface area contributed by atoms with E-state index < -0.39 is 0 Å². The van der Waals surface area contributed by atoms with E-state index in [0.717, 1.165) is 12.8 Å². The van der Waals surface area contributed by atoms with Crippen molar-refractivity contribution in [2.24, 2.45) is 16.7 Å². The number of carbonyl (C=O) groups is 1. The number of hydrogen-bond donors (Lipinski definition) is 0. The van der Waals surface area contributed by atoms with Crippen LogP contribution in [0.4, 0.5) is 0 Å². The summed E-state index contributed by atoms with van der Waals surface area (Å²) in [5, 5.41) is 0. The number of nitrogens with zero attached hydrogens (tertiary/aromatic N) is 1. The number of hydrogen-bond acceptors (Lipinski definition) is 3. The molecule has 0 bridgehead atoms. The Balaban J connectivity index is 1.87. The molecule has 0 aliphatic heterocycles. The second-order valence-electron chi connectivity index (χ2n) is 8.56. The fourth-order valence-corrected chi connectivity index (χ4v) is 4.90. The largest absolute Gasteiger partial charge is 0.336 e. The molecule has 0 N–H and O–H groups in total. The molecule has 136 valence electrons. The second kappa shape index (κ2) is 6.71. The van der Waals surface area contributed by atoms with Gasteiger partial charge in [-0.3, -0.25) is 0 Å². The lowest BCUT2D eigenvalue weighted by Gasteiger charge is -2.49. The fraction of sp³-hybridized carbons (Fsp3) is 0.619. The number of rotatable bonds is 3. The molecule has 0 spiro atoms. The first kappa shape index (κ1) is 18.4. The van der Waals surface area contributed by atoms with Crippen LogP contribution in [0.5, 0.6) is 0 Å². The SMILES string of the molecule is C[C@@H]1CCC2=C(CCCC2(C)C)[C@@]1(C)CC(=O)On1ccccc1=S. The van der Waals surface area contributed by atoms with E-state index in [2.05, 4.69) is 27.7 Å². The van der Waals surface area contributed by atoms with E-state index in [1.54, 1.807) is 17.8 Å². The predicted octanol–water partition coefficient (Wildman–Crippen LogP) is 5.51. The molecule has 3 rings (SSSR count). The topological polar surface area (TPSA) is 31.2 Å². The summed E-state index contributed by atoms with van der Waals surface area (Å²) in [7, 11) is 0. The summed E-state index contributed by atoms with van der Waals surface area (Å²) in [4.78, 5) is 18.3. The van der Waals surface area contributed by atoms with Gasteiger partial charge in [-0.2, -0.15) is 4.73 Å². The van der Waals surface area contributed by atoms with Crippen LogP contribution in [0.2, 0.25) is 0 Å². The molecule has 2 atom stereocenters. The molecule has 1 aromatic heterocycles. The van der Waals surface area contributed by atoms with Crippen LogP contribution in [0, 0.1) is 21.4 Å². The number of carbonyl (C=O) groups excluding carboxylic acids is 1. The third-order valence-corrected chi connectivity index (χ3v) is 6.83. The summed E-state index contributed by atoms with van der Waals surface area (Å²) in [5.41, 5.74) is 3.28. The van der Waals surface area contributed by atoms with Crippen molar-refractivity contribution in [2.75, 3.05) is 0 Å². The first-order valence-corrected chi connectivity index (χ1v) is 9.77. The van der Waals surface area contributed by atoms with Crippen molar-refractivity contribution in [3.63, 3.8) is 0 Å². The van der Waals surface area contributed by atoms with Crippen LogP contribution in [-0.2, 0) is 4.79 Å². The third kappa shape index (κ3) is 3.46. The molecular weight excluding hydrogens is 330 g/mol. The Hall–Kier alpha value is -1.42. The van der Waals surface area contributed by atoms with E-state index in [1.165, 1.54) is 29.6 Å². The van der Waals surface area contributed by atoms with Crippen LogP contribution >= 0.6 is 12.2 Å². The summed E-state index contributed by atoms with van der Waals surface area (Å²) in [6, 6.07) is 5.43. The molecular formula is C21H29NO2S. The minimum absolute atomic E-state index is 0.112.